The molecule has 0 aromatic heterocycles. The predicted octanol–water partition coefficient (Wildman–Crippen LogP) is 2.11. The number of carbonyl (C=O) groups excluding carboxylic acids is 3. The van der Waals surface area contributed by atoms with Crippen molar-refractivity contribution < 1.29 is 19.1 Å². The zero-order valence-corrected chi connectivity index (χ0v) is 16.1. The van der Waals surface area contributed by atoms with Gasteiger partial charge in [0.25, 0.3) is 5.91 Å². The van der Waals surface area contributed by atoms with Crippen molar-refractivity contribution in [1.29, 1.82) is 0 Å². The topological polar surface area (TPSA) is 109 Å². The maximum Gasteiger partial charge on any atom is 0.329 e. The molecule has 0 fully saturated rings. The Kier molecular flexibility index (Phi) is 8.40. The molecule has 0 saturated heterocycles. The van der Waals surface area contributed by atoms with Crippen LogP contribution < -0.4 is 20.8 Å². The van der Waals surface area contributed by atoms with E-state index in [-0.39, 0.29) is 13.2 Å². The normalized spacial score (nSPS) is 10.2. The van der Waals surface area contributed by atoms with E-state index in [1.54, 1.807) is 48.5 Å². The van der Waals surface area contributed by atoms with Gasteiger partial charge >= 0.3 is 11.8 Å². The van der Waals surface area contributed by atoms with Gasteiger partial charge in [-0.2, -0.15) is 5.10 Å². The molecule has 0 bridgehead atoms. The zero-order chi connectivity index (χ0) is 21.1. The molecule has 8 nitrogen and oxygen atoms in total. The van der Waals surface area contributed by atoms with Gasteiger partial charge in [-0.1, -0.05) is 41.9 Å². The molecule has 9 heteroatoms. The summed E-state index contributed by atoms with van der Waals surface area (Å²) in [7, 11) is 0. The van der Waals surface area contributed by atoms with E-state index >= 15 is 0 Å². The molecular formula is C20H19ClN4O4. The average Bonchev–Trinajstić information content (AvgIpc) is 2.72. The summed E-state index contributed by atoms with van der Waals surface area (Å²) in [6, 6.07) is 13.6. The van der Waals surface area contributed by atoms with Crippen LogP contribution in [0.3, 0.4) is 0 Å². The number of hydrazone groups is 1. The third-order valence-electron chi connectivity index (χ3n) is 3.41. The summed E-state index contributed by atoms with van der Waals surface area (Å²) in [5, 5.41) is 9.12. The average molecular weight is 415 g/mol. The predicted molar refractivity (Wildman–Crippen MR) is 111 cm³/mol. The first-order valence-electron chi connectivity index (χ1n) is 8.49. The molecule has 0 spiro atoms. The standard InChI is InChI=1S/C20H19ClN4O4/c1-2-11-22-19(27)20(28)25-23-12-14-7-3-6-10-17(14)29-13-18(26)24-16-9-5-4-8-15(16)21/h2-10,12H,1,11,13H2,(H,22,27)(H,24,26)(H,25,28)/b23-12-. The van der Waals surface area contributed by atoms with E-state index in [1.807, 2.05) is 0 Å². The Hall–Kier alpha value is -3.65. The minimum atomic E-state index is -0.916. The second kappa shape index (κ2) is 11.3. The molecule has 29 heavy (non-hydrogen) atoms. The second-order valence-corrected chi connectivity index (χ2v) is 5.96. The summed E-state index contributed by atoms with van der Waals surface area (Å²) in [5.74, 6) is -1.77. The van der Waals surface area contributed by atoms with E-state index in [4.69, 9.17) is 16.3 Å². The van der Waals surface area contributed by atoms with Gasteiger partial charge in [0.1, 0.15) is 5.75 Å². The number of nitrogens with zero attached hydrogens (tertiary/aromatic N) is 1. The van der Waals surface area contributed by atoms with E-state index in [2.05, 4.69) is 27.7 Å². The highest BCUT2D eigenvalue weighted by atomic mass is 35.5. The molecule has 0 aliphatic heterocycles. The molecule has 0 aliphatic carbocycles. The lowest BCUT2D eigenvalue weighted by atomic mass is 10.2. The van der Waals surface area contributed by atoms with Crippen molar-refractivity contribution in [1.82, 2.24) is 10.7 Å². The Labute approximate surface area is 172 Å². The first kappa shape index (κ1) is 21.6. The lowest BCUT2D eigenvalue weighted by molar-refractivity contribution is -0.139. The van der Waals surface area contributed by atoms with Crippen molar-refractivity contribution in [2.75, 3.05) is 18.5 Å². The molecule has 3 amide bonds. The maximum absolute atomic E-state index is 12.1. The number of benzene rings is 2. The van der Waals surface area contributed by atoms with Gasteiger partial charge in [-0.05, 0) is 24.3 Å². The van der Waals surface area contributed by atoms with Crippen molar-refractivity contribution in [2.24, 2.45) is 5.10 Å². The third kappa shape index (κ3) is 7.11. The Morgan fingerprint density at radius 1 is 1.07 bits per heavy atom. The summed E-state index contributed by atoms with van der Waals surface area (Å²) < 4.78 is 5.52. The van der Waals surface area contributed by atoms with Crippen molar-refractivity contribution >= 4 is 41.2 Å². The smallest absolute Gasteiger partial charge is 0.329 e. The summed E-state index contributed by atoms with van der Waals surface area (Å²) in [5.41, 5.74) is 3.09. The number of ether oxygens (including phenoxy) is 1. The van der Waals surface area contributed by atoms with Gasteiger partial charge in [0, 0.05) is 12.1 Å². The number of amides is 3. The molecule has 0 aliphatic rings. The van der Waals surface area contributed by atoms with Gasteiger partial charge in [-0.3, -0.25) is 14.4 Å². The van der Waals surface area contributed by atoms with Crippen LogP contribution in [0.25, 0.3) is 0 Å². The van der Waals surface area contributed by atoms with Crippen molar-refractivity contribution in [3.05, 3.63) is 71.8 Å². The number of rotatable bonds is 8. The van der Waals surface area contributed by atoms with Gasteiger partial charge in [-0.25, -0.2) is 5.43 Å². The Balaban J connectivity index is 1.92. The van der Waals surface area contributed by atoms with Crippen LogP contribution >= 0.6 is 11.6 Å². The van der Waals surface area contributed by atoms with Crippen LogP contribution in [0.15, 0.2) is 66.3 Å². The van der Waals surface area contributed by atoms with Crippen LogP contribution in [0.1, 0.15) is 5.56 Å². The van der Waals surface area contributed by atoms with Crippen LogP contribution in [0.4, 0.5) is 5.69 Å². The van der Waals surface area contributed by atoms with Gasteiger partial charge < -0.3 is 15.4 Å². The highest BCUT2D eigenvalue weighted by molar-refractivity contribution is 6.35. The Bertz CT molecular complexity index is 930. The fourth-order valence-corrected chi connectivity index (χ4v) is 2.25. The highest BCUT2D eigenvalue weighted by Crippen LogP contribution is 2.20. The fourth-order valence-electron chi connectivity index (χ4n) is 2.07. The molecule has 2 aromatic rings. The molecule has 0 radical (unpaired) electrons. The molecule has 3 N–H and O–H groups in total. The van der Waals surface area contributed by atoms with Crippen LogP contribution in [0, 0.1) is 0 Å². The number of carbonyl (C=O) groups is 3. The molecule has 2 aromatic carbocycles. The van der Waals surface area contributed by atoms with Gasteiger partial charge in [0.2, 0.25) is 0 Å². The van der Waals surface area contributed by atoms with Crippen molar-refractivity contribution in [2.45, 2.75) is 0 Å². The quantitative estimate of drug-likeness (QED) is 0.266. The fraction of sp³-hybridized carbons (Fsp3) is 0.100. The second-order valence-electron chi connectivity index (χ2n) is 5.55. The molecule has 2 rings (SSSR count). The van der Waals surface area contributed by atoms with E-state index in [9.17, 15) is 14.4 Å². The third-order valence-corrected chi connectivity index (χ3v) is 3.74. The lowest BCUT2D eigenvalue weighted by Crippen LogP contribution is -2.37. The van der Waals surface area contributed by atoms with E-state index in [1.165, 1.54) is 12.3 Å². The summed E-state index contributed by atoms with van der Waals surface area (Å²) in [4.78, 5) is 35.1. The van der Waals surface area contributed by atoms with Crippen molar-refractivity contribution in [3.8, 4) is 5.75 Å². The van der Waals surface area contributed by atoms with Crippen LogP contribution in [-0.4, -0.2) is 37.1 Å². The molecule has 0 heterocycles. The number of para-hydroxylation sites is 2. The zero-order valence-electron chi connectivity index (χ0n) is 15.4. The minimum Gasteiger partial charge on any atom is -0.483 e. The number of hydrogen-bond acceptors (Lipinski definition) is 5. The number of halogens is 1. The number of nitrogens with one attached hydrogen (secondary N) is 3. The van der Waals surface area contributed by atoms with Crippen LogP contribution in [-0.2, 0) is 14.4 Å². The van der Waals surface area contributed by atoms with E-state index in [0.29, 0.717) is 22.0 Å². The van der Waals surface area contributed by atoms with Gasteiger partial charge in [-0.15, -0.1) is 6.58 Å². The molecule has 0 atom stereocenters. The lowest BCUT2D eigenvalue weighted by Gasteiger charge is -2.10. The summed E-state index contributed by atoms with van der Waals surface area (Å²) >= 11 is 6.00. The monoisotopic (exact) mass is 414 g/mol. The highest BCUT2D eigenvalue weighted by Gasteiger charge is 2.11. The Morgan fingerprint density at radius 3 is 2.55 bits per heavy atom. The molecular weight excluding hydrogens is 396 g/mol. The summed E-state index contributed by atoms with van der Waals surface area (Å²) in [6.45, 7) is 3.35. The summed E-state index contributed by atoms with van der Waals surface area (Å²) in [6.07, 6.45) is 2.75. The van der Waals surface area contributed by atoms with E-state index in [0.717, 1.165) is 0 Å². The molecule has 150 valence electrons. The molecule has 0 unspecified atom stereocenters. The largest absolute Gasteiger partial charge is 0.483 e. The first-order valence-corrected chi connectivity index (χ1v) is 8.87. The van der Waals surface area contributed by atoms with Crippen molar-refractivity contribution in [3.63, 3.8) is 0 Å². The van der Waals surface area contributed by atoms with Gasteiger partial charge in [0.15, 0.2) is 6.61 Å². The first-order chi connectivity index (χ1) is 14.0. The van der Waals surface area contributed by atoms with Crippen LogP contribution in [0.2, 0.25) is 5.02 Å². The van der Waals surface area contributed by atoms with Crippen LogP contribution in [0.5, 0.6) is 5.75 Å². The van der Waals surface area contributed by atoms with E-state index < -0.39 is 17.7 Å². The number of hydrogen-bond donors (Lipinski definition) is 3. The molecule has 0 saturated carbocycles. The Morgan fingerprint density at radius 2 is 1.79 bits per heavy atom. The number of anilines is 1. The van der Waals surface area contributed by atoms with Gasteiger partial charge in [0.05, 0.1) is 16.9 Å². The maximum atomic E-state index is 12.1. The minimum absolute atomic E-state index is 0.170. The SMILES string of the molecule is C=CCNC(=O)C(=O)N/N=C\c1ccccc1OCC(=O)Nc1ccccc1Cl.